The fraction of sp³-hybridized carbons (Fsp3) is 0.188. The van der Waals surface area contributed by atoms with Crippen LogP contribution in [-0.2, 0) is 17.1 Å². The van der Waals surface area contributed by atoms with Gasteiger partial charge in [0.05, 0.1) is 19.3 Å². The Morgan fingerprint density at radius 1 is 1.20 bits per heavy atom. The molecule has 0 radical (unpaired) electrons. The number of aliphatic hydroxyl groups excluding tert-OH is 1. The van der Waals surface area contributed by atoms with Gasteiger partial charge in [0.1, 0.15) is 0 Å². The van der Waals surface area contributed by atoms with E-state index in [-0.39, 0.29) is 12.6 Å². The molecule has 0 heterocycles. The number of carbonyl (C=O) groups is 1. The molecule has 0 aliphatic heterocycles. The Balaban J connectivity index is 2.12. The normalized spacial score (nSPS) is 10.3. The number of benzene rings is 2. The Morgan fingerprint density at radius 3 is 2.75 bits per heavy atom. The third-order valence-electron chi connectivity index (χ3n) is 2.90. The largest absolute Gasteiger partial charge is 0.465 e. The van der Waals surface area contributed by atoms with Crippen molar-refractivity contribution in [2.45, 2.75) is 17.3 Å². The van der Waals surface area contributed by atoms with Crippen LogP contribution in [0.4, 0.5) is 0 Å². The predicted molar refractivity (Wildman–Crippen MR) is 79.7 cm³/mol. The van der Waals surface area contributed by atoms with Gasteiger partial charge in [-0.15, -0.1) is 11.8 Å². The molecule has 0 spiro atoms. The Labute approximate surface area is 122 Å². The van der Waals surface area contributed by atoms with Crippen LogP contribution in [0.25, 0.3) is 0 Å². The van der Waals surface area contributed by atoms with E-state index in [4.69, 9.17) is 9.84 Å². The van der Waals surface area contributed by atoms with Crippen molar-refractivity contribution < 1.29 is 14.6 Å². The maximum Gasteiger partial charge on any atom is 0.338 e. The van der Waals surface area contributed by atoms with E-state index in [1.54, 1.807) is 17.8 Å². The highest BCUT2D eigenvalue weighted by atomic mass is 32.2. The molecule has 3 nitrogen and oxygen atoms in total. The first-order chi connectivity index (χ1) is 9.74. The summed E-state index contributed by atoms with van der Waals surface area (Å²) in [7, 11) is 1.39. The number of methoxy groups -OCH3 is 1. The molecule has 0 fully saturated rings. The zero-order chi connectivity index (χ0) is 14.4. The van der Waals surface area contributed by atoms with Gasteiger partial charge in [0.2, 0.25) is 0 Å². The number of thioether (sulfide) groups is 1. The second kappa shape index (κ2) is 7.12. The number of esters is 1. The average molecular weight is 288 g/mol. The predicted octanol–water partition coefficient (Wildman–Crippen LogP) is 3.26. The van der Waals surface area contributed by atoms with Crippen molar-refractivity contribution in [1.29, 1.82) is 0 Å². The third kappa shape index (κ3) is 3.62. The van der Waals surface area contributed by atoms with Crippen LogP contribution in [-0.4, -0.2) is 18.2 Å². The molecule has 0 aromatic heterocycles. The quantitative estimate of drug-likeness (QED) is 0.677. The van der Waals surface area contributed by atoms with Gasteiger partial charge in [0.15, 0.2) is 0 Å². The van der Waals surface area contributed by atoms with E-state index in [0.717, 1.165) is 16.0 Å². The molecule has 104 valence electrons. The molecule has 2 rings (SSSR count). The van der Waals surface area contributed by atoms with E-state index in [9.17, 15) is 4.79 Å². The lowest BCUT2D eigenvalue weighted by molar-refractivity contribution is 0.0600. The van der Waals surface area contributed by atoms with Gasteiger partial charge >= 0.3 is 5.97 Å². The van der Waals surface area contributed by atoms with Gasteiger partial charge in [0, 0.05) is 10.6 Å². The molecule has 0 bridgehead atoms. The number of carbonyl (C=O) groups excluding carboxylic acids is 1. The second-order valence-corrected chi connectivity index (χ2v) is 5.29. The Hall–Kier alpha value is -1.78. The van der Waals surface area contributed by atoms with Crippen molar-refractivity contribution in [1.82, 2.24) is 0 Å². The topological polar surface area (TPSA) is 46.5 Å². The van der Waals surface area contributed by atoms with E-state index < -0.39 is 0 Å². The fourth-order valence-electron chi connectivity index (χ4n) is 1.85. The standard InChI is InChI=1S/C16H16O3S/c1-19-16(18)15-8-3-2-6-13(15)11-20-14-7-4-5-12(9-14)10-17/h2-9,17H,10-11H2,1H3. The first-order valence-corrected chi connectivity index (χ1v) is 7.22. The van der Waals surface area contributed by atoms with E-state index in [0.29, 0.717) is 11.3 Å². The van der Waals surface area contributed by atoms with Crippen LogP contribution in [0.5, 0.6) is 0 Å². The maximum absolute atomic E-state index is 11.7. The number of ether oxygens (including phenoxy) is 1. The van der Waals surface area contributed by atoms with Gasteiger partial charge in [-0.2, -0.15) is 0 Å². The van der Waals surface area contributed by atoms with Crippen LogP contribution >= 0.6 is 11.8 Å². The van der Waals surface area contributed by atoms with Crippen LogP contribution < -0.4 is 0 Å². The SMILES string of the molecule is COC(=O)c1ccccc1CSc1cccc(CO)c1. The maximum atomic E-state index is 11.7. The molecule has 1 N–H and O–H groups in total. The minimum absolute atomic E-state index is 0.0349. The van der Waals surface area contributed by atoms with Crippen LogP contribution in [0.1, 0.15) is 21.5 Å². The molecule has 2 aromatic carbocycles. The fourth-order valence-corrected chi connectivity index (χ4v) is 2.83. The van der Waals surface area contributed by atoms with E-state index in [1.807, 2.05) is 42.5 Å². The molecule has 0 amide bonds. The minimum atomic E-state index is -0.315. The summed E-state index contributed by atoms with van der Waals surface area (Å²) in [5.74, 6) is 0.366. The zero-order valence-corrected chi connectivity index (χ0v) is 12.0. The van der Waals surface area contributed by atoms with Gasteiger partial charge in [-0.1, -0.05) is 30.3 Å². The first kappa shape index (κ1) is 14.6. The molecule has 0 saturated heterocycles. The summed E-state index contributed by atoms with van der Waals surface area (Å²) in [5.41, 5.74) is 2.43. The first-order valence-electron chi connectivity index (χ1n) is 6.23. The zero-order valence-electron chi connectivity index (χ0n) is 11.2. The van der Waals surface area contributed by atoms with Crippen molar-refractivity contribution in [3.05, 3.63) is 65.2 Å². The summed E-state index contributed by atoms with van der Waals surface area (Å²) in [6.45, 7) is 0.0349. The third-order valence-corrected chi connectivity index (χ3v) is 3.94. The highest BCUT2D eigenvalue weighted by Gasteiger charge is 2.10. The van der Waals surface area contributed by atoms with Gasteiger partial charge in [0.25, 0.3) is 0 Å². The summed E-state index contributed by atoms with van der Waals surface area (Å²) < 4.78 is 4.78. The van der Waals surface area contributed by atoms with Crippen LogP contribution in [0.3, 0.4) is 0 Å². The van der Waals surface area contributed by atoms with Gasteiger partial charge in [-0.3, -0.25) is 0 Å². The van der Waals surface area contributed by atoms with Crippen LogP contribution in [0.2, 0.25) is 0 Å². The molecular weight excluding hydrogens is 272 g/mol. The Bertz CT molecular complexity index is 596. The number of rotatable bonds is 5. The molecule has 0 unspecified atom stereocenters. The molecule has 0 atom stereocenters. The average Bonchev–Trinajstić information content (AvgIpc) is 2.52. The number of hydrogen-bond donors (Lipinski definition) is 1. The second-order valence-electron chi connectivity index (χ2n) is 4.24. The smallest absolute Gasteiger partial charge is 0.338 e. The minimum Gasteiger partial charge on any atom is -0.465 e. The van der Waals surface area contributed by atoms with Crippen molar-refractivity contribution >= 4 is 17.7 Å². The molecule has 0 aliphatic rings. The lowest BCUT2D eigenvalue weighted by Gasteiger charge is -2.08. The van der Waals surface area contributed by atoms with E-state index in [1.165, 1.54) is 7.11 Å². The molecule has 20 heavy (non-hydrogen) atoms. The highest BCUT2D eigenvalue weighted by Crippen LogP contribution is 2.25. The number of aliphatic hydroxyl groups is 1. The van der Waals surface area contributed by atoms with Crippen molar-refractivity contribution in [3.63, 3.8) is 0 Å². The Morgan fingerprint density at radius 2 is 2.00 bits per heavy atom. The van der Waals surface area contributed by atoms with Crippen LogP contribution in [0, 0.1) is 0 Å². The summed E-state index contributed by atoms with van der Waals surface area (Å²) in [4.78, 5) is 12.7. The van der Waals surface area contributed by atoms with Crippen molar-refractivity contribution in [2.75, 3.05) is 7.11 Å². The molecule has 4 heteroatoms. The van der Waals surface area contributed by atoms with E-state index in [2.05, 4.69) is 0 Å². The molecule has 0 aliphatic carbocycles. The molecular formula is C16H16O3S. The van der Waals surface area contributed by atoms with Crippen molar-refractivity contribution in [2.24, 2.45) is 0 Å². The van der Waals surface area contributed by atoms with Gasteiger partial charge in [-0.05, 0) is 29.3 Å². The lowest BCUT2D eigenvalue weighted by atomic mass is 10.1. The van der Waals surface area contributed by atoms with Crippen LogP contribution in [0.15, 0.2) is 53.4 Å². The summed E-state index contributed by atoms with van der Waals surface area (Å²) in [6, 6.07) is 15.2. The van der Waals surface area contributed by atoms with Crippen molar-refractivity contribution in [3.8, 4) is 0 Å². The van der Waals surface area contributed by atoms with Gasteiger partial charge < -0.3 is 9.84 Å². The van der Waals surface area contributed by atoms with Gasteiger partial charge in [-0.25, -0.2) is 4.79 Å². The monoisotopic (exact) mass is 288 g/mol. The summed E-state index contributed by atoms with van der Waals surface area (Å²) >= 11 is 1.63. The van der Waals surface area contributed by atoms with E-state index >= 15 is 0 Å². The lowest BCUT2D eigenvalue weighted by Crippen LogP contribution is -2.04. The highest BCUT2D eigenvalue weighted by molar-refractivity contribution is 7.98. The Kier molecular flexibility index (Phi) is 5.21. The number of hydrogen-bond acceptors (Lipinski definition) is 4. The molecule has 0 saturated carbocycles. The molecule has 2 aromatic rings. The summed E-state index contributed by atoms with van der Waals surface area (Å²) in [6.07, 6.45) is 0. The summed E-state index contributed by atoms with van der Waals surface area (Å²) in [5, 5.41) is 9.13.